The largest absolute Gasteiger partial charge is 0.493 e. The van der Waals surface area contributed by atoms with E-state index in [4.69, 9.17) is 14.2 Å². The third-order valence-corrected chi connectivity index (χ3v) is 4.09. The van der Waals surface area contributed by atoms with Gasteiger partial charge in [-0.05, 0) is 18.2 Å². The van der Waals surface area contributed by atoms with E-state index in [9.17, 15) is 8.78 Å². The van der Waals surface area contributed by atoms with Gasteiger partial charge in [0.15, 0.2) is 17.5 Å². The van der Waals surface area contributed by atoms with E-state index in [-0.39, 0.29) is 12.3 Å². The molecule has 0 aromatic heterocycles. The van der Waals surface area contributed by atoms with Crippen molar-refractivity contribution in [3.05, 3.63) is 47.5 Å². The molecule has 0 heterocycles. The molecule has 0 spiro atoms. The Morgan fingerprint density at radius 2 is 1.52 bits per heavy atom. The van der Waals surface area contributed by atoms with Gasteiger partial charge in [-0.1, -0.05) is 18.2 Å². The Hall–Kier alpha value is -3.23. The highest BCUT2D eigenvalue weighted by molar-refractivity contribution is 5.79. The number of para-hydroxylation sites is 1. The lowest BCUT2D eigenvalue weighted by molar-refractivity contribution is -0.0504. The van der Waals surface area contributed by atoms with Crippen LogP contribution in [0.5, 0.6) is 23.0 Å². The molecular weight excluding hydrogens is 384 g/mol. The molecular formula is C20H25F2N3O4. The molecule has 0 atom stereocenters. The molecule has 158 valence electrons. The summed E-state index contributed by atoms with van der Waals surface area (Å²) in [4.78, 5) is 4.15. The van der Waals surface area contributed by atoms with Crippen molar-refractivity contribution in [1.82, 2.24) is 10.6 Å². The number of hydrogen-bond acceptors (Lipinski definition) is 5. The Bertz CT molecular complexity index is 831. The van der Waals surface area contributed by atoms with Gasteiger partial charge in [0, 0.05) is 31.3 Å². The van der Waals surface area contributed by atoms with Crippen LogP contribution in [0.4, 0.5) is 8.78 Å². The Morgan fingerprint density at radius 1 is 0.862 bits per heavy atom. The van der Waals surface area contributed by atoms with Gasteiger partial charge in [0.25, 0.3) is 0 Å². The van der Waals surface area contributed by atoms with Crippen LogP contribution in [0, 0.1) is 0 Å². The van der Waals surface area contributed by atoms with Gasteiger partial charge < -0.3 is 29.6 Å². The van der Waals surface area contributed by atoms with E-state index in [1.807, 2.05) is 6.07 Å². The summed E-state index contributed by atoms with van der Waals surface area (Å²) < 4.78 is 45.8. The number of nitrogens with zero attached hydrogens (tertiary/aromatic N) is 1. The smallest absolute Gasteiger partial charge is 0.387 e. The maximum absolute atomic E-state index is 12.6. The number of benzene rings is 2. The van der Waals surface area contributed by atoms with Gasteiger partial charge in [-0.2, -0.15) is 8.78 Å². The average Bonchev–Trinajstić information content (AvgIpc) is 2.73. The Labute approximate surface area is 168 Å². The van der Waals surface area contributed by atoms with Gasteiger partial charge in [0.2, 0.25) is 5.75 Å². The summed E-state index contributed by atoms with van der Waals surface area (Å²) in [7, 11) is 6.25. The van der Waals surface area contributed by atoms with Crippen LogP contribution in [-0.4, -0.2) is 40.9 Å². The average molecular weight is 409 g/mol. The van der Waals surface area contributed by atoms with Gasteiger partial charge in [-0.25, -0.2) is 0 Å². The molecule has 0 saturated heterocycles. The molecule has 0 aliphatic rings. The molecule has 0 aliphatic carbocycles. The van der Waals surface area contributed by atoms with E-state index in [2.05, 4.69) is 20.4 Å². The monoisotopic (exact) mass is 409 g/mol. The predicted molar refractivity (Wildman–Crippen MR) is 106 cm³/mol. The fraction of sp³-hybridized carbons (Fsp3) is 0.350. The highest BCUT2D eigenvalue weighted by Crippen LogP contribution is 2.39. The normalized spacial score (nSPS) is 11.2. The molecule has 2 rings (SSSR count). The number of halogens is 2. The summed E-state index contributed by atoms with van der Waals surface area (Å²) in [5.74, 6) is 2.20. The molecule has 7 nitrogen and oxygen atoms in total. The van der Waals surface area contributed by atoms with Crippen LogP contribution in [0.2, 0.25) is 0 Å². The second kappa shape index (κ2) is 10.9. The van der Waals surface area contributed by atoms with Gasteiger partial charge in [0.05, 0.1) is 21.3 Å². The van der Waals surface area contributed by atoms with Crippen molar-refractivity contribution >= 4 is 5.96 Å². The fourth-order valence-corrected chi connectivity index (χ4v) is 2.74. The third-order valence-electron chi connectivity index (χ3n) is 4.09. The van der Waals surface area contributed by atoms with Crippen molar-refractivity contribution in [2.75, 3.05) is 28.4 Å². The first-order valence-corrected chi connectivity index (χ1v) is 8.79. The van der Waals surface area contributed by atoms with E-state index >= 15 is 0 Å². The van der Waals surface area contributed by atoms with E-state index in [0.717, 1.165) is 5.56 Å². The van der Waals surface area contributed by atoms with Crippen LogP contribution in [0.15, 0.2) is 41.4 Å². The molecule has 0 radical (unpaired) electrons. The first-order chi connectivity index (χ1) is 14.0. The summed E-state index contributed by atoms with van der Waals surface area (Å²) in [5.41, 5.74) is 1.41. The second-order valence-corrected chi connectivity index (χ2v) is 5.76. The van der Waals surface area contributed by atoms with Crippen LogP contribution < -0.4 is 29.6 Å². The summed E-state index contributed by atoms with van der Waals surface area (Å²) in [6.07, 6.45) is 0. The highest BCUT2D eigenvalue weighted by atomic mass is 19.3. The topological polar surface area (TPSA) is 73.3 Å². The van der Waals surface area contributed by atoms with Crippen LogP contribution in [0.1, 0.15) is 11.1 Å². The summed E-state index contributed by atoms with van der Waals surface area (Å²) in [6, 6.07) is 10.2. The molecule has 0 fully saturated rings. The van der Waals surface area contributed by atoms with Crippen molar-refractivity contribution in [1.29, 1.82) is 0 Å². The molecule has 2 aromatic rings. The predicted octanol–water partition coefficient (Wildman–Crippen LogP) is 3.18. The van der Waals surface area contributed by atoms with Crippen LogP contribution >= 0.6 is 0 Å². The van der Waals surface area contributed by atoms with Crippen molar-refractivity contribution in [3.8, 4) is 23.0 Å². The number of hydrogen-bond donors (Lipinski definition) is 2. The number of ether oxygens (including phenoxy) is 4. The number of nitrogens with one attached hydrogen (secondary N) is 2. The maximum Gasteiger partial charge on any atom is 0.387 e. The summed E-state index contributed by atoms with van der Waals surface area (Å²) >= 11 is 0. The van der Waals surface area contributed by atoms with Crippen molar-refractivity contribution in [3.63, 3.8) is 0 Å². The van der Waals surface area contributed by atoms with E-state index in [1.54, 1.807) is 45.5 Å². The van der Waals surface area contributed by atoms with Gasteiger partial charge in [-0.15, -0.1) is 0 Å². The minimum absolute atomic E-state index is 0.118. The Kier molecular flexibility index (Phi) is 8.32. The Balaban J connectivity index is 2.06. The van der Waals surface area contributed by atoms with E-state index < -0.39 is 6.61 Å². The third kappa shape index (κ3) is 5.87. The van der Waals surface area contributed by atoms with Gasteiger partial charge in [-0.3, -0.25) is 4.99 Å². The van der Waals surface area contributed by atoms with Crippen molar-refractivity contribution < 1.29 is 27.7 Å². The zero-order valence-corrected chi connectivity index (χ0v) is 16.8. The summed E-state index contributed by atoms with van der Waals surface area (Å²) in [6.45, 7) is -2.24. The molecule has 2 N–H and O–H groups in total. The first-order valence-electron chi connectivity index (χ1n) is 8.79. The lowest BCUT2D eigenvalue weighted by Gasteiger charge is -2.18. The molecule has 0 bridgehead atoms. The number of rotatable bonds is 9. The molecule has 29 heavy (non-hydrogen) atoms. The van der Waals surface area contributed by atoms with E-state index in [1.165, 1.54) is 13.2 Å². The standard InChI is InChI=1S/C20H25F2N3O4/c1-23-20(24-11-13-7-5-6-8-15(13)29-19(21)22)25-12-14-9-10-16(26-2)18(28-4)17(14)27-3/h5-10,19H,11-12H2,1-4H3,(H2,23,24,25). The molecule has 0 aliphatic heterocycles. The minimum atomic E-state index is -2.88. The highest BCUT2D eigenvalue weighted by Gasteiger charge is 2.16. The molecule has 9 heteroatoms. The van der Waals surface area contributed by atoms with Gasteiger partial charge >= 0.3 is 6.61 Å². The first kappa shape index (κ1) is 22.1. The Morgan fingerprint density at radius 3 is 2.10 bits per heavy atom. The quantitative estimate of drug-likeness (QED) is 0.490. The number of aliphatic imine (C=N–C) groups is 1. The minimum Gasteiger partial charge on any atom is -0.493 e. The molecule has 0 unspecified atom stereocenters. The molecule has 0 amide bonds. The van der Waals surface area contributed by atoms with E-state index in [0.29, 0.717) is 35.3 Å². The second-order valence-electron chi connectivity index (χ2n) is 5.76. The lowest BCUT2D eigenvalue weighted by Crippen LogP contribution is -2.36. The molecule has 0 saturated carbocycles. The SMILES string of the molecule is CN=C(NCc1ccccc1OC(F)F)NCc1ccc(OC)c(OC)c1OC. The number of methoxy groups -OCH3 is 3. The number of alkyl halides is 2. The van der Waals surface area contributed by atoms with Crippen molar-refractivity contribution in [2.45, 2.75) is 19.7 Å². The lowest BCUT2D eigenvalue weighted by atomic mass is 10.1. The number of guanidine groups is 1. The van der Waals surface area contributed by atoms with Gasteiger partial charge in [0.1, 0.15) is 5.75 Å². The van der Waals surface area contributed by atoms with Crippen LogP contribution in [-0.2, 0) is 13.1 Å². The maximum atomic E-state index is 12.6. The zero-order valence-electron chi connectivity index (χ0n) is 16.8. The van der Waals surface area contributed by atoms with Crippen LogP contribution in [0.25, 0.3) is 0 Å². The van der Waals surface area contributed by atoms with Crippen molar-refractivity contribution in [2.24, 2.45) is 4.99 Å². The zero-order chi connectivity index (χ0) is 21.2. The molecule has 2 aromatic carbocycles. The van der Waals surface area contributed by atoms with Crippen LogP contribution in [0.3, 0.4) is 0 Å². The fourth-order valence-electron chi connectivity index (χ4n) is 2.74. The summed E-state index contributed by atoms with van der Waals surface area (Å²) in [5, 5.41) is 6.23.